The quantitative estimate of drug-likeness (QED) is 0.0750. The number of oxime groups is 1. The van der Waals surface area contributed by atoms with Crippen molar-refractivity contribution in [1.82, 2.24) is 10.6 Å². The van der Waals surface area contributed by atoms with E-state index in [1.807, 2.05) is 0 Å². The zero-order valence-electron chi connectivity index (χ0n) is 31.0. The number of methoxy groups -OCH3 is 1. The molecule has 1 aromatic carbocycles. The first-order chi connectivity index (χ1) is 25.4. The van der Waals surface area contributed by atoms with Gasteiger partial charge in [-0.15, -0.1) is 0 Å². The van der Waals surface area contributed by atoms with E-state index in [2.05, 4.69) is 93.4 Å². The molecule has 0 saturated carbocycles. The first kappa shape index (κ1) is 45.7. The lowest BCUT2D eigenvalue weighted by molar-refractivity contribution is -0.225. The SMILES string of the molecule is CCC(C)CCCCCCCCCCCCC(=O)NCC(O)c1cc(Br)c(OCCCNC(=O)C2=NOC3(CC(Br)=C(OC)C(Br)=CO3)C2O)c(Br)c1. The molecule has 3 rings (SSSR count). The summed E-state index contributed by atoms with van der Waals surface area (Å²) in [6.45, 7) is 5.24. The van der Waals surface area contributed by atoms with Crippen molar-refractivity contribution < 1.29 is 38.9 Å². The third-order valence-corrected chi connectivity index (χ3v) is 11.8. The van der Waals surface area contributed by atoms with Gasteiger partial charge in [0.2, 0.25) is 5.91 Å². The molecule has 2 heterocycles. The number of carbonyl (C=O) groups excluding carboxylic acids is 2. The number of nitrogens with one attached hydrogen (secondary N) is 2. The lowest BCUT2D eigenvalue weighted by Gasteiger charge is -2.27. The Hall–Kier alpha value is -1.65. The molecular weight excluding hydrogens is 946 g/mol. The Labute approximate surface area is 348 Å². The van der Waals surface area contributed by atoms with E-state index in [4.69, 9.17) is 19.0 Å². The molecule has 0 radical (unpaired) electrons. The fraction of sp³-hybridized carbons (Fsp3) is 0.658. The molecule has 0 saturated heterocycles. The predicted molar refractivity (Wildman–Crippen MR) is 221 cm³/mol. The minimum Gasteiger partial charge on any atom is -0.495 e. The maximum Gasteiger partial charge on any atom is 0.311 e. The summed E-state index contributed by atoms with van der Waals surface area (Å²) in [5.74, 6) is -0.401. The number of unbranched alkanes of at least 4 members (excludes halogenated alkanes) is 9. The lowest BCUT2D eigenvalue weighted by atomic mass is 9.99. The fourth-order valence-corrected chi connectivity index (χ4v) is 8.94. The number of hydrogen-bond donors (Lipinski definition) is 4. The van der Waals surface area contributed by atoms with Crippen molar-refractivity contribution in [3.05, 3.63) is 47.6 Å². The second kappa shape index (κ2) is 24.1. The minimum absolute atomic E-state index is 0.0461. The molecule has 1 aromatic rings. The van der Waals surface area contributed by atoms with E-state index in [-0.39, 0.29) is 37.7 Å². The van der Waals surface area contributed by atoms with Crippen LogP contribution in [0.5, 0.6) is 5.75 Å². The zero-order valence-corrected chi connectivity index (χ0v) is 37.3. The summed E-state index contributed by atoms with van der Waals surface area (Å²) < 4.78 is 19.3. The first-order valence-corrected chi connectivity index (χ1v) is 21.8. The molecule has 0 fully saturated rings. The van der Waals surface area contributed by atoms with Crippen LogP contribution in [-0.2, 0) is 23.9 Å². The highest BCUT2D eigenvalue weighted by atomic mass is 79.9. The molecule has 298 valence electrons. The second-order valence-corrected chi connectivity index (χ2v) is 17.2. The summed E-state index contributed by atoms with van der Waals surface area (Å²) in [5.41, 5.74) is 0.415. The van der Waals surface area contributed by atoms with Crippen molar-refractivity contribution in [2.75, 3.05) is 26.8 Å². The highest BCUT2D eigenvalue weighted by molar-refractivity contribution is 9.12. The van der Waals surface area contributed by atoms with Crippen molar-refractivity contribution in [3.8, 4) is 5.75 Å². The topological polar surface area (TPSA) is 148 Å². The molecule has 2 aliphatic rings. The van der Waals surface area contributed by atoms with Crippen molar-refractivity contribution in [2.24, 2.45) is 11.1 Å². The number of allylic oxidation sites excluding steroid dienone is 1. The van der Waals surface area contributed by atoms with Gasteiger partial charge in [0.15, 0.2) is 11.8 Å². The summed E-state index contributed by atoms with van der Waals surface area (Å²) >= 11 is 13.8. The Morgan fingerprint density at radius 2 is 1.60 bits per heavy atom. The molecule has 2 amide bonds. The Kier molecular flexibility index (Phi) is 20.8. The number of nitrogens with zero attached hydrogens (tertiary/aromatic N) is 1. The summed E-state index contributed by atoms with van der Waals surface area (Å²) in [6, 6.07) is 3.51. The van der Waals surface area contributed by atoms with Crippen LogP contribution in [0, 0.1) is 5.92 Å². The average molecular weight is 1000 g/mol. The van der Waals surface area contributed by atoms with Crippen LogP contribution < -0.4 is 15.4 Å². The Morgan fingerprint density at radius 1 is 0.981 bits per heavy atom. The summed E-state index contributed by atoms with van der Waals surface area (Å²) in [5, 5.41) is 31.1. The van der Waals surface area contributed by atoms with Crippen LogP contribution in [0.3, 0.4) is 0 Å². The molecule has 0 aromatic heterocycles. The number of aliphatic hydroxyl groups excluding tert-OH is 2. The average Bonchev–Trinajstić information content (AvgIpc) is 3.38. The lowest BCUT2D eigenvalue weighted by Crippen LogP contribution is -2.49. The van der Waals surface area contributed by atoms with Crippen LogP contribution >= 0.6 is 63.7 Å². The van der Waals surface area contributed by atoms with E-state index in [9.17, 15) is 19.8 Å². The van der Waals surface area contributed by atoms with E-state index in [1.165, 1.54) is 71.2 Å². The number of benzene rings is 1. The number of hydrogen-bond acceptors (Lipinski definition) is 9. The molecule has 4 N–H and O–H groups in total. The molecule has 0 bridgehead atoms. The maximum absolute atomic E-state index is 12.8. The second-order valence-electron chi connectivity index (χ2n) is 13.7. The van der Waals surface area contributed by atoms with Crippen LogP contribution in [0.4, 0.5) is 0 Å². The highest BCUT2D eigenvalue weighted by Gasteiger charge is 2.54. The number of rotatable bonds is 24. The van der Waals surface area contributed by atoms with Gasteiger partial charge in [0.1, 0.15) is 17.8 Å². The summed E-state index contributed by atoms with van der Waals surface area (Å²) in [4.78, 5) is 30.6. The van der Waals surface area contributed by atoms with Gasteiger partial charge in [-0.1, -0.05) is 106 Å². The molecule has 11 nitrogen and oxygen atoms in total. The van der Waals surface area contributed by atoms with Crippen LogP contribution in [0.1, 0.15) is 122 Å². The minimum atomic E-state index is -1.62. The van der Waals surface area contributed by atoms with Gasteiger partial charge in [0.25, 0.3) is 5.91 Å². The Balaban J connectivity index is 1.29. The smallest absolute Gasteiger partial charge is 0.311 e. The summed E-state index contributed by atoms with van der Waals surface area (Å²) in [7, 11) is 1.50. The Bertz CT molecular complexity index is 1420. The van der Waals surface area contributed by atoms with Crippen molar-refractivity contribution in [3.63, 3.8) is 0 Å². The van der Waals surface area contributed by atoms with Crippen molar-refractivity contribution >= 4 is 81.2 Å². The van der Waals surface area contributed by atoms with Gasteiger partial charge in [0, 0.05) is 24.0 Å². The van der Waals surface area contributed by atoms with E-state index in [1.54, 1.807) is 12.1 Å². The van der Waals surface area contributed by atoms with Crippen LogP contribution in [0.15, 0.2) is 47.2 Å². The molecule has 1 spiro atoms. The van der Waals surface area contributed by atoms with Gasteiger partial charge in [0.05, 0.1) is 39.7 Å². The molecular formula is C38H55Br4N3O8. The third kappa shape index (κ3) is 14.7. The van der Waals surface area contributed by atoms with E-state index in [0.717, 1.165) is 25.2 Å². The highest BCUT2D eigenvalue weighted by Crippen LogP contribution is 2.41. The number of halogens is 4. The van der Waals surface area contributed by atoms with Crippen LogP contribution in [0.25, 0.3) is 0 Å². The van der Waals surface area contributed by atoms with Crippen molar-refractivity contribution in [1.29, 1.82) is 0 Å². The number of ether oxygens (including phenoxy) is 3. The first-order valence-electron chi connectivity index (χ1n) is 18.7. The van der Waals surface area contributed by atoms with Gasteiger partial charge in [-0.3, -0.25) is 9.59 Å². The molecule has 4 atom stereocenters. The van der Waals surface area contributed by atoms with Gasteiger partial charge >= 0.3 is 5.79 Å². The number of aliphatic hydroxyl groups is 2. The molecule has 15 heteroatoms. The molecule has 2 aliphatic heterocycles. The normalized spacial score (nSPS) is 19.5. The zero-order chi connectivity index (χ0) is 38.8. The fourth-order valence-electron chi connectivity index (χ4n) is 5.96. The number of carbonyl (C=O) groups is 2. The Morgan fingerprint density at radius 3 is 2.23 bits per heavy atom. The van der Waals surface area contributed by atoms with Gasteiger partial charge in [-0.25, -0.2) is 0 Å². The van der Waals surface area contributed by atoms with Gasteiger partial charge in [-0.2, -0.15) is 0 Å². The number of amides is 2. The van der Waals surface area contributed by atoms with Gasteiger partial charge in [-0.05, 0) is 84.2 Å². The molecule has 4 unspecified atom stereocenters. The monoisotopic (exact) mass is 997 g/mol. The van der Waals surface area contributed by atoms with Gasteiger partial charge < -0.3 is 39.9 Å². The van der Waals surface area contributed by atoms with Crippen LogP contribution in [-0.4, -0.2) is 66.4 Å². The molecule has 0 aliphatic carbocycles. The van der Waals surface area contributed by atoms with E-state index >= 15 is 0 Å². The standard InChI is InChI=1S/C38H55Br4N3O8/c1-4-25(2)16-13-11-9-7-5-6-8-10-12-14-17-32(47)44-23-31(46)26-20-27(39)35(28(40)21-26)51-19-15-18-43-37(49)33-36(48)38(53-45-33)22-29(41)34(50-3)30(42)24-52-38/h20-21,24-25,31,36,46,48H,4-19,22-23H2,1-3H3,(H,43,49)(H,44,47). The predicted octanol–water partition coefficient (Wildman–Crippen LogP) is 9.33. The largest absolute Gasteiger partial charge is 0.495 e. The van der Waals surface area contributed by atoms with E-state index < -0.39 is 23.9 Å². The maximum atomic E-state index is 12.8. The summed E-state index contributed by atoms with van der Waals surface area (Å²) in [6.07, 6.45) is 14.9. The molecule has 53 heavy (non-hydrogen) atoms. The third-order valence-electron chi connectivity index (χ3n) is 9.44. The van der Waals surface area contributed by atoms with Crippen LogP contribution in [0.2, 0.25) is 0 Å². The van der Waals surface area contributed by atoms with E-state index in [0.29, 0.717) is 47.8 Å². The van der Waals surface area contributed by atoms with Crippen molar-refractivity contribution in [2.45, 2.75) is 128 Å².